The minimum absolute atomic E-state index is 0.120. The average Bonchev–Trinajstić information content (AvgIpc) is 2.96. The molecule has 0 radical (unpaired) electrons. The van der Waals surface area contributed by atoms with E-state index in [9.17, 15) is 19.8 Å². The van der Waals surface area contributed by atoms with Crippen LogP contribution in [0.1, 0.15) is 46.7 Å². The van der Waals surface area contributed by atoms with Crippen LogP contribution in [0.15, 0.2) is 34.9 Å². The van der Waals surface area contributed by atoms with E-state index in [2.05, 4.69) is 0 Å². The maximum atomic E-state index is 12.5. The van der Waals surface area contributed by atoms with Crippen molar-refractivity contribution < 1.29 is 24.5 Å². The fourth-order valence-corrected chi connectivity index (χ4v) is 5.20. The number of hydrogen-bond donors (Lipinski definition) is 2. The van der Waals surface area contributed by atoms with E-state index in [1.165, 1.54) is 7.11 Å². The Kier molecular flexibility index (Phi) is 3.54. The van der Waals surface area contributed by atoms with Gasteiger partial charge in [-0.3, -0.25) is 9.59 Å². The van der Waals surface area contributed by atoms with E-state index in [-0.39, 0.29) is 40.2 Å². The molecule has 0 saturated heterocycles. The van der Waals surface area contributed by atoms with Crippen LogP contribution in [0.3, 0.4) is 0 Å². The lowest BCUT2D eigenvalue weighted by Gasteiger charge is -2.35. The molecular weight excluding hydrogens is 368 g/mol. The first-order chi connectivity index (χ1) is 12.9. The van der Waals surface area contributed by atoms with Crippen LogP contribution in [-0.4, -0.2) is 41.1 Å². The van der Waals surface area contributed by atoms with Gasteiger partial charge in [0.1, 0.15) is 18.0 Å². The fraction of sp³-hybridized carbons (Fsp3) is 0.333. The van der Waals surface area contributed by atoms with Crippen LogP contribution in [0, 0.1) is 0 Å². The first kappa shape index (κ1) is 16.9. The third-order valence-electron chi connectivity index (χ3n) is 6.10. The Morgan fingerprint density at radius 1 is 1.19 bits per heavy atom. The summed E-state index contributed by atoms with van der Waals surface area (Å²) >= 11 is 6.25. The first-order valence-corrected chi connectivity index (χ1v) is 9.29. The molecule has 0 saturated carbocycles. The molecule has 0 aliphatic heterocycles. The maximum absolute atomic E-state index is 12.5. The van der Waals surface area contributed by atoms with Crippen LogP contribution in [-0.2, 0) is 9.53 Å². The van der Waals surface area contributed by atoms with Gasteiger partial charge in [-0.25, -0.2) is 0 Å². The number of benzene rings is 1. The van der Waals surface area contributed by atoms with Crippen molar-refractivity contribution in [3.05, 3.63) is 56.7 Å². The number of aliphatic hydroxyl groups excluding tert-OH is 1. The van der Waals surface area contributed by atoms with Gasteiger partial charge in [-0.05, 0) is 45.9 Å². The minimum atomic E-state index is -1.08. The molecule has 6 heteroatoms. The molecule has 27 heavy (non-hydrogen) atoms. The summed E-state index contributed by atoms with van der Waals surface area (Å²) < 4.78 is 5.48. The summed E-state index contributed by atoms with van der Waals surface area (Å²) in [5, 5.41) is 20.7. The van der Waals surface area contributed by atoms with Gasteiger partial charge in [-0.1, -0.05) is 23.8 Å². The Bertz CT molecular complexity index is 1030. The van der Waals surface area contributed by atoms with Crippen molar-refractivity contribution in [3.63, 3.8) is 0 Å². The number of phenols is 1. The van der Waals surface area contributed by atoms with Crippen LogP contribution in [0.25, 0.3) is 5.57 Å². The lowest BCUT2D eigenvalue weighted by atomic mass is 9.73. The van der Waals surface area contributed by atoms with Gasteiger partial charge in [0.15, 0.2) is 11.6 Å². The first-order valence-electron chi connectivity index (χ1n) is 8.91. The number of hydrogen-bond acceptors (Lipinski definition) is 5. The molecule has 5 nitrogen and oxygen atoms in total. The number of methoxy groups -OCH3 is 1. The standard InChI is InChI=1S/C21H17ClO5/c1-27-21-15-8(6-14(24)20(21)26)2-3-9-10-4-5-13(23)18-17(10)11(16(9)15)7-12(22)19(18)25/h2-3,7,14,16,21,24-25H,4-6H2,1H3. The monoisotopic (exact) mass is 384 g/mol. The molecule has 0 heterocycles. The number of Topliss-reactive ketones (excluding diaryl/α,β-unsaturated/α-hetero) is 2. The summed E-state index contributed by atoms with van der Waals surface area (Å²) in [5.74, 6) is -0.893. The Morgan fingerprint density at radius 3 is 2.70 bits per heavy atom. The van der Waals surface area contributed by atoms with Crippen molar-refractivity contribution in [1.29, 1.82) is 0 Å². The zero-order valence-corrected chi connectivity index (χ0v) is 15.3. The van der Waals surface area contributed by atoms with E-state index >= 15 is 0 Å². The second kappa shape index (κ2) is 5.64. The van der Waals surface area contributed by atoms with E-state index in [1.54, 1.807) is 6.07 Å². The number of aliphatic hydroxyl groups is 1. The summed E-state index contributed by atoms with van der Waals surface area (Å²) in [6, 6.07) is 1.69. The maximum Gasteiger partial charge on any atom is 0.194 e. The van der Waals surface area contributed by atoms with E-state index < -0.39 is 12.2 Å². The van der Waals surface area contributed by atoms with Gasteiger partial charge in [0.2, 0.25) is 0 Å². The summed E-state index contributed by atoms with van der Waals surface area (Å²) in [5.41, 5.74) is 5.59. The number of ketones is 2. The Balaban J connectivity index is 1.81. The van der Waals surface area contributed by atoms with E-state index in [0.717, 1.165) is 33.4 Å². The van der Waals surface area contributed by atoms with Crippen LogP contribution in [0.4, 0.5) is 0 Å². The molecule has 4 aliphatic rings. The molecule has 4 aliphatic carbocycles. The van der Waals surface area contributed by atoms with Crippen molar-refractivity contribution in [2.24, 2.45) is 0 Å². The van der Waals surface area contributed by atoms with Crippen LogP contribution in [0.2, 0.25) is 5.02 Å². The van der Waals surface area contributed by atoms with Crippen LogP contribution >= 0.6 is 11.6 Å². The SMILES string of the molecule is COC1C(=O)C(O)CC2=C1C1C(=C3CCC(=O)c4c(O)c(Cl)cc1c43)C=C2. The number of allylic oxidation sites excluding steroid dienone is 4. The molecule has 2 N–H and O–H groups in total. The number of fused-ring (bicyclic) bond motifs is 3. The predicted octanol–water partition coefficient (Wildman–Crippen LogP) is 3.09. The number of carbonyl (C=O) groups is 2. The highest BCUT2D eigenvalue weighted by atomic mass is 35.5. The van der Waals surface area contributed by atoms with E-state index in [4.69, 9.17) is 16.3 Å². The fourth-order valence-electron chi connectivity index (χ4n) is 4.99. The van der Waals surface area contributed by atoms with Gasteiger partial charge in [0, 0.05) is 25.9 Å². The largest absolute Gasteiger partial charge is 0.506 e. The van der Waals surface area contributed by atoms with Crippen molar-refractivity contribution in [2.45, 2.75) is 37.4 Å². The number of rotatable bonds is 1. The van der Waals surface area contributed by atoms with Crippen molar-refractivity contribution in [3.8, 4) is 5.75 Å². The second-order valence-corrected chi connectivity index (χ2v) is 7.80. The van der Waals surface area contributed by atoms with E-state index in [0.29, 0.717) is 12.8 Å². The second-order valence-electron chi connectivity index (χ2n) is 7.39. The number of aromatic hydroxyl groups is 1. The predicted molar refractivity (Wildman–Crippen MR) is 98.9 cm³/mol. The average molecular weight is 385 g/mol. The van der Waals surface area contributed by atoms with Crippen molar-refractivity contribution >= 4 is 28.7 Å². The van der Waals surface area contributed by atoms with Gasteiger partial charge >= 0.3 is 0 Å². The van der Waals surface area contributed by atoms with Gasteiger partial charge in [-0.2, -0.15) is 0 Å². The Morgan fingerprint density at radius 2 is 1.96 bits per heavy atom. The highest BCUT2D eigenvalue weighted by Gasteiger charge is 2.47. The van der Waals surface area contributed by atoms with Gasteiger partial charge < -0.3 is 14.9 Å². The number of phenolic OH excluding ortho intramolecular Hbond substituents is 1. The third kappa shape index (κ3) is 2.07. The quantitative estimate of drug-likeness (QED) is 0.777. The van der Waals surface area contributed by atoms with Crippen LogP contribution in [0.5, 0.6) is 5.75 Å². The molecule has 0 amide bonds. The molecule has 0 aromatic heterocycles. The molecule has 3 unspecified atom stereocenters. The number of carbonyl (C=O) groups excluding carboxylic acids is 2. The summed E-state index contributed by atoms with van der Waals surface area (Å²) in [4.78, 5) is 25.1. The van der Waals surface area contributed by atoms with Gasteiger partial charge in [-0.15, -0.1) is 0 Å². The van der Waals surface area contributed by atoms with E-state index in [1.807, 2.05) is 12.2 Å². The molecule has 3 atom stereocenters. The third-order valence-corrected chi connectivity index (χ3v) is 6.39. The normalized spacial score (nSPS) is 28.5. The molecule has 0 bridgehead atoms. The van der Waals surface area contributed by atoms with Crippen molar-refractivity contribution in [2.75, 3.05) is 7.11 Å². The smallest absolute Gasteiger partial charge is 0.194 e. The molecule has 1 aromatic rings. The lowest BCUT2D eigenvalue weighted by molar-refractivity contribution is -0.136. The molecule has 1 aromatic carbocycles. The molecular formula is C21H17ClO5. The number of ether oxygens (including phenoxy) is 1. The van der Waals surface area contributed by atoms with Crippen molar-refractivity contribution in [1.82, 2.24) is 0 Å². The summed E-state index contributed by atoms with van der Waals surface area (Å²) in [7, 11) is 1.46. The zero-order valence-electron chi connectivity index (χ0n) is 14.6. The van der Waals surface area contributed by atoms with Gasteiger partial charge in [0.25, 0.3) is 0 Å². The highest BCUT2D eigenvalue weighted by molar-refractivity contribution is 6.33. The minimum Gasteiger partial charge on any atom is -0.506 e. The van der Waals surface area contributed by atoms with Crippen LogP contribution < -0.4 is 0 Å². The Labute approximate surface area is 160 Å². The number of halogens is 1. The summed E-state index contributed by atoms with van der Waals surface area (Å²) in [6.45, 7) is 0. The lowest BCUT2D eigenvalue weighted by Crippen LogP contribution is -2.41. The zero-order chi connectivity index (χ0) is 19.0. The topological polar surface area (TPSA) is 83.8 Å². The molecule has 138 valence electrons. The highest BCUT2D eigenvalue weighted by Crippen LogP contribution is 2.57. The molecule has 0 spiro atoms. The molecule has 5 rings (SSSR count). The van der Waals surface area contributed by atoms with Gasteiger partial charge in [0.05, 0.1) is 10.6 Å². The molecule has 0 fully saturated rings. The Hall–Kier alpha value is -2.21. The summed E-state index contributed by atoms with van der Waals surface area (Å²) in [6.07, 6.45) is 3.16.